The van der Waals surface area contributed by atoms with Crippen LogP contribution in [0.5, 0.6) is 0 Å². The van der Waals surface area contributed by atoms with Crippen molar-refractivity contribution >= 4 is 11.6 Å². The molecular weight excluding hydrogens is 214 g/mol. The normalized spacial score (nSPS) is 29.6. The summed E-state index contributed by atoms with van der Waals surface area (Å²) in [4.78, 5) is 12.2. The van der Waals surface area contributed by atoms with Crippen LogP contribution in [0.25, 0.3) is 0 Å². The zero-order valence-corrected chi connectivity index (χ0v) is 9.49. The number of rotatable bonds is 2. The molecule has 0 saturated heterocycles. The molecule has 3 rings (SSSR count). The molecule has 3 atom stereocenters. The highest BCUT2D eigenvalue weighted by molar-refractivity contribution is 5.93. The van der Waals surface area contributed by atoms with E-state index in [-0.39, 0.29) is 11.8 Å². The Kier molecular flexibility index (Phi) is 2.48. The van der Waals surface area contributed by atoms with E-state index in [2.05, 4.69) is 12.2 Å². The first-order chi connectivity index (χ1) is 8.25. The van der Waals surface area contributed by atoms with E-state index in [1.807, 2.05) is 18.2 Å². The summed E-state index contributed by atoms with van der Waals surface area (Å²) < 4.78 is 0. The number of carbonyl (C=O) groups is 1. The van der Waals surface area contributed by atoms with Crippen molar-refractivity contribution in [3.8, 4) is 0 Å². The third-order valence-electron chi connectivity index (χ3n) is 3.81. The molecule has 1 aromatic rings. The third-order valence-corrected chi connectivity index (χ3v) is 3.81. The summed E-state index contributed by atoms with van der Waals surface area (Å²) in [5, 5.41) is 10.7. The Morgan fingerprint density at radius 1 is 1.18 bits per heavy atom. The average molecular weight is 229 g/mol. The van der Waals surface area contributed by atoms with Crippen LogP contribution in [0.4, 0.5) is 5.69 Å². The number of anilines is 1. The summed E-state index contributed by atoms with van der Waals surface area (Å²) in [6.07, 6.45) is 6.26. The van der Waals surface area contributed by atoms with Crippen LogP contribution in [0.2, 0.25) is 0 Å². The van der Waals surface area contributed by atoms with Gasteiger partial charge in [-0.2, -0.15) is 5.06 Å². The highest BCUT2D eigenvalue weighted by Gasteiger charge is 2.41. The summed E-state index contributed by atoms with van der Waals surface area (Å²) in [6, 6.07) is 8.96. The molecule has 17 heavy (non-hydrogen) atoms. The van der Waals surface area contributed by atoms with Crippen LogP contribution >= 0.6 is 0 Å². The molecule has 0 spiro atoms. The van der Waals surface area contributed by atoms with Crippen LogP contribution < -0.4 is 5.06 Å². The molecule has 1 amide bonds. The Hall–Kier alpha value is -1.61. The van der Waals surface area contributed by atoms with Gasteiger partial charge in [0.05, 0.1) is 5.69 Å². The lowest BCUT2D eigenvalue weighted by molar-refractivity contribution is -0.128. The first-order valence-electron chi connectivity index (χ1n) is 6.02. The minimum absolute atomic E-state index is 0.0461. The Morgan fingerprint density at radius 3 is 2.53 bits per heavy atom. The van der Waals surface area contributed by atoms with Crippen molar-refractivity contribution in [3.63, 3.8) is 0 Å². The van der Waals surface area contributed by atoms with Gasteiger partial charge in [-0.25, -0.2) is 0 Å². The Balaban J connectivity index is 1.77. The van der Waals surface area contributed by atoms with Crippen molar-refractivity contribution in [2.45, 2.75) is 12.8 Å². The van der Waals surface area contributed by atoms with E-state index in [4.69, 9.17) is 0 Å². The van der Waals surface area contributed by atoms with Crippen LogP contribution in [0.1, 0.15) is 12.8 Å². The molecule has 0 heterocycles. The maximum absolute atomic E-state index is 12.2. The van der Waals surface area contributed by atoms with Gasteiger partial charge in [0.2, 0.25) is 0 Å². The predicted octanol–water partition coefficient (Wildman–Crippen LogP) is 2.62. The van der Waals surface area contributed by atoms with Gasteiger partial charge in [0.1, 0.15) is 0 Å². The fraction of sp³-hybridized carbons (Fsp3) is 0.357. The number of amides is 1. The first-order valence-corrected chi connectivity index (χ1v) is 6.02. The van der Waals surface area contributed by atoms with Crippen LogP contribution in [0.3, 0.4) is 0 Å². The number of carbonyl (C=O) groups excluding carboxylic acids is 1. The van der Waals surface area contributed by atoms with Crippen molar-refractivity contribution in [2.75, 3.05) is 5.06 Å². The van der Waals surface area contributed by atoms with E-state index in [1.165, 1.54) is 0 Å². The molecule has 1 N–H and O–H groups in total. The SMILES string of the molecule is O=C([C@H]1C[C@@H]2C=C[C@H]1C2)N(O)c1ccccc1. The number of benzene rings is 1. The van der Waals surface area contributed by atoms with E-state index in [1.54, 1.807) is 12.1 Å². The quantitative estimate of drug-likeness (QED) is 0.481. The molecule has 0 radical (unpaired) electrons. The van der Waals surface area contributed by atoms with Crippen LogP contribution in [-0.2, 0) is 4.79 Å². The van der Waals surface area contributed by atoms with Gasteiger partial charge in [0.15, 0.2) is 0 Å². The van der Waals surface area contributed by atoms with E-state index >= 15 is 0 Å². The van der Waals surface area contributed by atoms with Crippen molar-refractivity contribution in [2.24, 2.45) is 17.8 Å². The molecular formula is C14H15NO2. The molecule has 0 unspecified atom stereocenters. The van der Waals surface area contributed by atoms with Gasteiger partial charge in [-0.15, -0.1) is 0 Å². The van der Waals surface area contributed by atoms with Crippen molar-refractivity contribution in [3.05, 3.63) is 42.5 Å². The maximum atomic E-state index is 12.2. The number of hydrogen-bond acceptors (Lipinski definition) is 2. The van der Waals surface area contributed by atoms with E-state index in [0.29, 0.717) is 17.5 Å². The Morgan fingerprint density at radius 2 is 1.94 bits per heavy atom. The average Bonchev–Trinajstić information content (AvgIpc) is 3.00. The monoisotopic (exact) mass is 229 g/mol. The van der Waals surface area contributed by atoms with Gasteiger partial charge >= 0.3 is 0 Å². The largest absolute Gasteiger partial charge is 0.281 e. The fourth-order valence-corrected chi connectivity index (χ4v) is 2.92. The zero-order chi connectivity index (χ0) is 11.8. The molecule has 2 bridgehead atoms. The number of fused-ring (bicyclic) bond motifs is 2. The van der Waals surface area contributed by atoms with Crippen LogP contribution in [0, 0.1) is 17.8 Å². The van der Waals surface area contributed by atoms with E-state index < -0.39 is 0 Å². The predicted molar refractivity (Wildman–Crippen MR) is 64.6 cm³/mol. The van der Waals surface area contributed by atoms with Crippen molar-refractivity contribution < 1.29 is 10.0 Å². The molecule has 0 aliphatic heterocycles. The molecule has 2 aliphatic rings. The number of nitrogens with zero attached hydrogens (tertiary/aromatic N) is 1. The van der Waals surface area contributed by atoms with E-state index in [9.17, 15) is 10.0 Å². The molecule has 3 heteroatoms. The van der Waals surface area contributed by atoms with Gasteiger partial charge in [-0.3, -0.25) is 10.0 Å². The second kappa shape index (κ2) is 4.00. The highest BCUT2D eigenvalue weighted by Crippen LogP contribution is 2.44. The summed E-state index contributed by atoms with van der Waals surface area (Å²) in [6.45, 7) is 0. The zero-order valence-electron chi connectivity index (χ0n) is 9.49. The summed E-state index contributed by atoms with van der Waals surface area (Å²) >= 11 is 0. The summed E-state index contributed by atoms with van der Waals surface area (Å²) in [7, 11) is 0. The van der Waals surface area contributed by atoms with Crippen molar-refractivity contribution in [1.29, 1.82) is 0 Å². The minimum atomic E-state index is -0.173. The topological polar surface area (TPSA) is 40.5 Å². The van der Waals surface area contributed by atoms with Gasteiger partial charge in [0, 0.05) is 5.92 Å². The lowest BCUT2D eigenvalue weighted by Crippen LogP contribution is -2.35. The summed E-state index contributed by atoms with van der Waals surface area (Å²) in [5.74, 6) is 0.646. The summed E-state index contributed by atoms with van der Waals surface area (Å²) in [5.41, 5.74) is 0.546. The third kappa shape index (κ3) is 1.76. The first kappa shape index (κ1) is 10.5. The Bertz CT molecular complexity index is 455. The maximum Gasteiger partial charge on any atom is 0.254 e. The number of allylic oxidation sites excluding steroid dienone is 2. The molecule has 88 valence electrons. The second-order valence-corrected chi connectivity index (χ2v) is 4.87. The highest BCUT2D eigenvalue weighted by atomic mass is 16.5. The standard InChI is InChI=1S/C14H15NO2/c16-14(13-9-10-6-7-11(13)8-10)15(17)12-4-2-1-3-5-12/h1-7,10-11,13,17H,8-9H2/t10-,11+,13+/m1/s1. The molecule has 1 saturated carbocycles. The molecule has 1 fully saturated rings. The lowest BCUT2D eigenvalue weighted by atomic mass is 9.92. The van der Waals surface area contributed by atoms with Gasteiger partial charge in [-0.05, 0) is 36.8 Å². The number of para-hydroxylation sites is 1. The Labute approximate surface area is 100 Å². The molecule has 2 aliphatic carbocycles. The smallest absolute Gasteiger partial charge is 0.254 e. The fourth-order valence-electron chi connectivity index (χ4n) is 2.92. The lowest BCUT2D eigenvalue weighted by Gasteiger charge is -2.22. The minimum Gasteiger partial charge on any atom is -0.281 e. The number of hydrogen-bond donors (Lipinski definition) is 1. The molecule has 1 aromatic carbocycles. The van der Waals surface area contributed by atoms with Crippen molar-refractivity contribution in [1.82, 2.24) is 0 Å². The second-order valence-electron chi connectivity index (χ2n) is 4.87. The molecule has 0 aromatic heterocycles. The van der Waals surface area contributed by atoms with Crippen LogP contribution in [-0.4, -0.2) is 11.1 Å². The van der Waals surface area contributed by atoms with Gasteiger partial charge in [-0.1, -0.05) is 30.4 Å². The van der Waals surface area contributed by atoms with Gasteiger partial charge in [0.25, 0.3) is 5.91 Å². The van der Waals surface area contributed by atoms with E-state index in [0.717, 1.165) is 17.9 Å². The van der Waals surface area contributed by atoms with Gasteiger partial charge < -0.3 is 0 Å². The molecule has 3 nitrogen and oxygen atoms in total. The number of hydroxylamine groups is 1. The van der Waals surface area contributed by atoms with Crippen LogP contribution in [0.15, 0.2) is 42.5 Å².